The van der Waals surface area contributed by atoms with Crippen LogP contribution in [0.15, 0.2) is 48.5 Å². The molecule has 0 bridgehead atoms. The molecule has 0 amide bonds. The fraction of sp³-hybridized carbons (Fsp3) is 0.238. The Morgan fingerprint density at radius 1 is 1.04 bits per heavy atom. The molecule has 0 unspecified atom stereocenters. The van der Waals surface area contributed by atoms with Gasteiger partial charge in [0, 0.05) is 18.1 Å². The summed E-state index contributed by atoms with van der Waals surface area (Å²) in [6, 6.07) is 12.0. The second kappa shape index (κ2) is 8.89. The quantitative estimate of drug-likeness (QED) is 0.443. The molecule has 0 fully saturated rings. The largest absolute Gasteiger partial charge is 0.497 e. The zero-order valence-electron chi connectivity index (χ0n) is 15.0. The summed E-state index contributed by atoms with van der Waals surface area (Å²) in [6.45, 7) is 0.892. The lowest BCUT2D eigenvalue weighted by atomic mass is 10.1. The first-order valence-electron chi connectivity index (χ1n) is 8.57. The molecule has 2 aromatic carbocycles. The number of esters is 1. The molecule has 1 aliphatic heterocycles. The van der Waals surface area contributed by atoms with Gasteiger partial charge in [-0.1, -0.05) is 6.07 Å². The van der Waals surface area contributed by atoms with Crippen molar-refractivity contribution in [3.63, 3.8) is 0 Å². The number of ketones is 1. The standard InChI is InChI=1S/C21H20O6/c1-24-17-7-5-16(6-8-17)18(22)14-27-21(23)10-4-15-3-9-19-20(13-15)26-12-2-11-25-19/h3-10,13H,2,11-12,14H2,1H3/b10-4+. The molecule has 0 spiro atoms. The Labute approximate surface area is 157 Å². The fourth-order valence-corrected chi connectivity index (χ4v) is 2.49. The first-order chi connectivity index (χ1) is 13.2. The summed E-state index contributed by atoms with van der Waals surface area (Å²) in [4.78, 5) is 23.9. The highest BCUT2D eigenvalue weighted by atomic mass is 16.5. The van der Waals surface area contributed by atoms with E-state index in [-0.39, 0.29) is 12.4 Å². The number of methoxy groups -OCH3 is 1. The lowest BCUT2D eigenvalue weighted by molar-refractivity contribution is -0.136. The van der Waals surface area contributed by atoms with Crippen LogP contribution in [0.1, 0.15) is 22.3 Å². The number of carbonyl (C=O) groups is 2. The zero-order chi connectivity index (χ0) is 19.1. The summed E-state index contributed by atoms with van der Waals surface area (Å²) in [7, 11) is 1.55. The topological polar surface area (TPSA) is 71.1 Å². The van der Waals surface area contributed by atoms with Crippen molar-refractivity contribution >= 4 is 17.8 Å². The summed E-state index contributed by atoms with van der Waals surface area (Å²) in [5.74, 6) is 1.12. The Morgan fingerprint density at radius 2 is 1.78 bits per heavy atom. The van der Waals surface area contributed by atoms with Gasteiger partial charge >= 0.3 is 5.97 Å². The first-order valence-corrected chi connectivity index (χ1v) is 8.57. The minimum absolute atomic E-state index is 0.282. The van der Waals surface area contributed by atoms with Crippen molar-refractivity contribution in [3.8, 4) is 17.2 Å². The van der Waals surface area contributed by atoms with E-state index in [1.165, 1.54) is 6.08 Å². The maximum Gasteiger partial charge on any atom is 0.331 e. The molecule has 140 valence electrons. The Balaban J connectivity index is 1.54. The van der Waals surface area contributed by atoms with E-state index in [9.17, 15) is 9.59 Å². The maximum atomic E-state index is 12.0. The van der Waals surface area contributed by atoms with Crippen LogP contribution in [0.4, 0.5) is 0 Å². The van der Waals surface area contributed by atoms with E-state index in [4.69, 9.17) is 18.9 Å². The second-order valence-corrected chi connectivity index (χ2v) is 5.85. The summed E-state index contributed by atoms with van der Waals surface area (Å²) in [5.41, 5.74) is 1.23. The summed E-state index contributed by atoms with van der Waals surface area (Å²) < 4.78 is 21.2. The van der Waals surface area contributed by atoms with Crippen molar-refractivity contribution in [1.29, 1.82) is 0 Å². The van der Waals surface area contributed by atoms with E-state index >= 15 is 0 Å². The predicted molar refractivity (Wildman–Crippen MR) is 99.4 cm³/mol. The third kappa shape index (κ3) is 5.10. The lowest BCUT2D eigenvalue weighted by Gasteiger charge is -2.07. The third-order valence-electron chi connectivity index (χ3n) is 3.94. The van der Waals surface area contributed by atoms with Crippen molar-refractivity contribution in [2.75, 3.05) is 26.9 Å². The first kappa shape index (κ1) is 18.5. The summed E-state index contributed by atoms with van der Waals surface area (Å²) in [6.07, 6.45) is 3.71. The molecule has 2 aromatic rings. The molecule has 6 nitrogen and oxygen atoms in total. The van der Waals surface area contributed by atoms with Crippen LogP contribution < -0.4 is 14.2 Å². The van der Waals surface area contributed by atoms with Gasteiger partial charge in [0.1, 0.15) is 5.75 Å². The number of benzene rings is 2. The van der Waals surface area contributed by atoms with Crippen LogP contribution in [0, 0.1) is 0 Å². The smallest absolute Gasteiger partial charge is 0.331 e. The molecule has 0 saturated heterocycles. The minimum Gasteiger partial charge on any atom is -0.497 e. The summed E-state index contributed by atoms with van der Waals surface area (Å²) >= 11 is 0. The van der Waals surface area contributed by atoms with Crippen LogP contribution in [0.2, 0.25) is 0 Å². The lowest BCUT2D eigenvalue weighted by Crippen LogP contribution is -2.12. The molecular formula is C21H20O6. The van der Waals surface area contributed by atoms with Gasteiger partial charge in [0.05, 0.1) is 20.3 Å². The molecule has 0 aromatic heterocycles. The van der Waals surface area contributed by atoms with E-state index < -0.39 is 5.97 Å². The molecule has 1 aliphatic rings. The Morgan fingerprint density at radius 3 is 2.52 bits per heavy atom. The van der Waals surface area contributed by atoms with E-state index in [0.29, 0.717) is 36.0 Å². The van der Waals surface area contributed by atoms with Crippen LogP contribution >= 0.6 is 0 Å². The number of hydrogen-bond acceptors (Lipinski definition) is 6. The number of rotatable bonds is 6. The zero-order valence-corrected chi connectivity index (χ0v) is 15.0. The van der Waals surface area contributed by atoms with Gasteiger partial charge in [-0.25, -0.2) is 4.79 Å². The Kier molecular flexibility index (Phi) is 6.10. The van der Waals surface area contributed by atoms with Gasteiger partial charge < -0.3 is 18.9 Å². The normalized spacial score (nSPS) is 13.1. The molecule has 0 saturated carbocycles. The molecule has 1 heterocycles. The fourth-order valence-electron chi connectivity index (χ4n) is 2.49. The molecule has 27 heavy (non-hydrogen) atoms. The van der Waals surface area contributed by atoms with Gasteiger partial charge in [-0.3, -0.25) is 4.79 Å². The minimum atomic E-state index is -0.594. The number of carbonyl (C=O) groups excluding carboxylic acids is 2. The summed E-state index contributed by atoms with van der Waals surface area (Å²) in [5, 5.41) is 0. The van der Waals surface area contributed by atoms with Gasteiger partial charge in [0.2, 0.25) is 0 Å². The van der Waals surface area contributed by atoms with Crippen molar-refractivity contribution in [2.45, 2.75) is 6.42 Å². The van der Waals surface area contributed by atoms with E-state index in [1.807, 2.05) is 6.07 Å². The monoisotopic (exact) mass is 368 g/mol. The van der Waals surface area contributed by atoms with Gasteiger partial charge in [0.25, 0.3) is 0 Å². The van der Waals surface area contributed by atoms with Crippen LogP contribution in [0.5, 0.6) is 17.2 Å². The Hall–Kier alpha value is -3.28. The third-order valence-corrected chi connectivity index (χ3v) is 3.94. The maximum absolute atomic E-state index is 12.0. The van der Waals surface area contributed by atoms with Crippen molar-refractivity contribution in [2.24, 2.45) is 0 Å². The number of hydrogen-bond donors (Lipinski definition) is 0. The molecule has 0 radical (unpaired) electrons. The molecule has 0 N–H and O–H groups in total. The van der Waals surface area contributed by atoms with Gasteiger partial charge in [-0.15, -0.1) is 0 Å². The van der Waals surface area contributed by atoms with E-state index in [0.717, 1.165) is 12.0 Å². The number of Topliss-reactive ketones (excluding diaryl/α,β-unsaturated/α-hetero) is 1. The molecule has 6 heteroatoms. The van der Waals surface area contributed by atoms with Crippen LogP contribution in [0.3, 0.4) is 0 Å². The van der Waals surface area contributed by atoms with Crippen molar-refractivity contribution in [3.05, 3.63) is 59.7 Å². The van der Waals surface area contributed by atoms with Gasteiger partial charge in [-0.05, 0) is 48.0 Å². The van der Waals surface area contributed by atoms with Gasteiger partial charge in [0.15, 0.2) is 23.9 Å². The Bertz CT molecular complexity index is 838. The molecule has 0 aliphatic carbocycles. The van der Waals surface area contributed by atoms with E-state index in [2.05, 4.69) is 0 Å². The second-order valence-electron chi connectivity index (χ2n) is 5.85. The van der Waals surface area contributed by atoms with Crippen LogP contribution in [-0.4, -0.2) is 38.7 Å². The number of fused-ring (bicyclic) bond motifs is 1. The number of ether oxygens (including phenoxy) is 4. The highest BCUT2D eigenvalue weighted by Crippen LogP contribution is 2.30. The van der Waals surface area contributed by atoms with Crippen LogP contribution in [0.25, 0.3) is 6.08 Å². The SMILES string of the molecule is COc1ccc(C(=O)COC(=O)/C=C/c2ccc3c(c2)OCCCO3)cc1. The molecule has 3 rings (SSSR count). The van der Waals surface area contributed by atoms with E-state index in [1.54, 1.807) is 49.6 Å². The van der Waals surface area contributed by atoms with Crippen LogP contribution in [-0.2, 0) is 9.53 Å². The van der Waals surface area contributed by atoms with Crippen molar-refractivity contribution in [1.82, 2.24) is 0 Å². The average Bonchev–Trinajstić information content (AvgIpc) is 2.95. The average molecular weight is 368 g/mol. The molecular weight excluding hydrogens is 348 g/mol. The van der Waals surface area contributed by atoms with Gasteiger partial charge in [-0.2, -0.15) is 0 Å². The highest BCUT2D eigenvalue weighted by molar-refractivity contribution is 5.99. The van der Waals surface area contributed by atoms with Crippen molar-refractivity contribution < 1.29 is 28.5 Å². The predicted octanol–water partition coefficient (Wildman–Crippen LogP) is 3.30. The molecule has 0 atom stereocenters. The highest BCUT2D eigenvalue weighted by Gasteiger charge is 2.11.